The Labute approximate surface area is 189 Å². The SMILES string of the molecule is O=C(NC1CCCC1)C1C2C=CC3(O2)C1C(=O)N(C1CCCC1)C3C(=O)NC1CCCC1. The van der Waals surface area contributed by atoms with Gasteiger partial charge in [-0.1, -0.05) is 50.7 Å². The molecule has 2 bridgehead atoms. The summed E-state index contributed by atoms with van der Waals surface area (Å²) in [7, 11) is 0. The molecule has 7 heteroatoms. The highest BCUT2D eigenvalue weighted by atomic mass is 16.5. The van der Waals surface area contributed by atoms with Crippen LogP contribution >= 0.6 is 0 Å². The first-order valence-corrected chi connectivity index (χ1v) is 12.9. The molecule has 7 nitrogen and oxygen atoms in total. The van der Waals surface area contributed by atoms with Gasteiger partial charge in [0.05, 0.1) is 17.9 Å². The molecular formula is C25H35N3O4. The van der Waals surface area contributed by atoms with Gasteiger partial charge in [-0.15, -0.1) is 0 Å². The Morgan fingerprint density at radius 1 is 0.875 bits per heavy atom. The van der Waals surface area contributed by atoms with E-state index in [1.807, 2.05) is 17.1 Å². The second-order valence-corrected chi connectivity index (χ2v) is 10.9. The number of ether oxygens (including phenoxy) is 1. The summed E-state index contributed by atoms with van der Waals surface area (Å²) in [5.41, 5.74) is -1.01. The van der Waals surface area contributed by atoms with Crippen LogP contribution < -0.4 is 10.6 Å². The van der Waals surface area contributed by atoms with E-state index in [9.17, 15) is 14.4 Å². The predicted octanol–water partition coefficient (Wildman–Crippen LogP) is 2.20. The maximum Gasteiger partial charge on any atom is 0.246 e. The molecule has 32 heavy (non-hydrogen) atoms. The summed E-state index contributed by atoms with van der Waals surface area (Å²) in [6.45, 7) is 0. The van der Waals surface area contributed by atoms with Crippen molar-refractivity contribution in [2.45, 2.75) is 113 Å². The number of carbonyl (C=O) groups is 3. The second kappa shape index (κ2) is 7.86. The Bertz CT molecular complexity index is 825. The molecule has 0 aromatic carbocycles. The lowest BCUT2D eigenvalue weighted by molar-refractivity contribution is -0.144. The van der Waals surface area contributed by atoms with Crippen molar-refractivity contribution < 1.29 is 19.1 Å². The molecule has 3 saturated carbocycles. The molecule has 3 aliphatic heterocycles. The van der Waals surface area contributed by atoms with Gasteiger partial charge in [-0.3, -0.25) is 14.4 Å². The molecule has 3 heterocycles. The van der Waals surface area contributed by atoms with Crippen LogP contribution in [0.1, 0.15) is 77.0 Å². The Hall–Kier alpha value is -1.89. The van der Waals surface area contributed by atoms with Gasteiger partial charge in [0.15, 0.2) is 0 Å². The molecule has 0 aromatic heterocycles. The summed E-state index contributed by atoms with van der Waals surface area (Å²) in [6, 6.07) is -0.224. The monoisotopic (exact) mass is 441 g/mol. The minimum Gasteiger partial charge on any atom is -0.359 e. The molecule has 5 atom stereocenters. The third-order valence-corrected chi connectivity index (χ3v) is 8.98. The topological polar surface area (TPSA) is 87.7 Å². The molecule has 3 amide bonds. The van der Waals surface area contributed by atoms with E-state index >= 15 is 0 Å². The molecule has 0 aromatic rings. The average Bonchev–Trinajstić information content (AvgIpc) is 3.58. The zero-order valence-electron chi connectivity index (χ0n) is 18.8. The number of amides is 3. The molecule has 0 radical (unpaired) electrons. The zero-order chi connectivity index (χ0) is 21.9. The summed E-state index contributed by atoms with van der Waals surface area (Å²) >= 11 is 0. The lowest BCUT2D eigenvalue weighted by Crippen LogP contribution is -2.57. The third-order valence-electron chi connectivity index (χ3n) is 8.98. The smallest absolute Gasteiger partial charge is 0.246 e. The van der Waals surface area contributed by atoms with E-state index in [0.717, 1.165) is 77.0 Å². The lowest BCUT2D eigenvalue weighted by atomic mass is 9.74. The average molecular weight is 442 g/mol. The van der Waals surface area contributed by atoms with Gasteiger partial charge in [-0.25, -0.2) is 0 Å². The van der Waals surface area contributed by atoms with Crippen molar-refractivity contribution in [3.8, 4) is 0 Å². The summed E-state index contributed by atoms with van der Waals surface area (Å²) in [6.07, 6.45) is 16.0. The van der Waals surface area contributed by atoms with E-state index in [1.54, 1.807) is 0 Å². The van der Waals surface area contributed by atoms with Crippen LogP contribution in [-0.4, -0.2) is 58.5 Å². The maximum atomic E-state index is 13.9. The Morgan fingerprint density at radius 3 is 2.06 bits per heavy atom. The fraction of sp³-hybridized carbons (Fsp3) is 0.800. The molecule has 5 fully saturated rings. The van der Waals surface area contributed by atoms with E-state index < -0.39 is 29.6 Å². The summed E-state index contributed by atoms with van der Waals surface area (Å²) < 4.78 is 6.45. The molecule has 3 aliphatic carbocycles. The number of rotatable bonds is 5. The molecule has 2 saturated heterocycles. The Kier molecular flexibility index (Phi) is 5.08. The number of nitrogens with one attached hydrogen (secondary N) is 2. The second-order valence-electron chi connectivity index (χ2n) is 10.9. The molecule has 2 N–H and O–H groups in total. The van der Waals surface area contributed by atoms with Crippen LogP contribution in [0.4, 0.5) is 0 Å². The van der Waals surface area contributed by atoms with Gasteiger partial charge in [0.25, 0.3) is 0 Å². The first-order chi connectivity index (χ1) is 15.6. The van der Waals surface area contributed by atoms with Crippen LogP contribution in [0.5, 0.6) is 0 Å². The first-order valence-electron chi connectivity index (χ1n) is 12.9. The number of likely N-dealkylation sites (tertiary alicyclic amines) is 1. The molecular weight excluding hydrogens is 406 g/mol. The highest BCUT2D eigenvalue weighted by molar-refractivity contribution is 6.00. The van der Waals surface area contributed by atoms with Crippen molar-refractivity contribution in [3.05, 3.63) is 12.2 Å². The normalized spacial score (nSPS) is 39.4. The zero-order valence-corrected chi connectivity index (χ0v) is 18.8. The number of hydrogen-bond acceptors (Lipinski definition) is 4. The van der Waals surface area contributed by atoms with Gasteiger partial charge in [-0.05, 0) is 38.5 Å². The van der Waals surface area contributed by atoms with Crippen molar-refractivity contribution in [3.63, 3.8) is 0 Å². The summed E-state index contributed by atoms with van der Waals surface area (Å²) in [5.74, 6) is -1.36. The molecule has 6 aliphatic rings. The Balaban J connectivity index is 1.31. The van der Waals surface area contributed by atoms with E-state index in [1.165, 1.54) is 0 Å². The van der Waals surface area contributed by atoms with Gasteiger partial charge in [0.2, 0.25) is 17.7 Å². The standard InChI is InChI=1S/C25H35N3O4/c29-22(26-15-7-1-2-8-15)19-18-13-14-25(32-18)20(19)24(31)28(17-11-5-6-12-17)21(25)23(30)27-16-9-3-4-10-16/h13-21H,1-12H2,(H,26,29)(H,27,30). The third kappa shape index (κ3) is 3.06. The highest BCUT2D eigenvalue weighted by Crippen LogP contribution is 2.56. The van der Waals surface area contributed by atoms with Crippen LogP contribution in [0.2, 0.25) is 0 Å². The van der Waals surface area contributed by atoms with Crippen LogP contribution in [0.25, 0.3) is 0 Å². The van der Waals surface area contributed by atoms with E-state index in [2.05, 4.69) is 10.6 Å². The molecule has 6 rings (SSSR count). The number of nitrogens with zero attached hydrogens (tertiary/aromatic N) is 1. The van der Waals surface area contributed by atoms with Crippen molar-refractivity contribution in [1.82, 2.24) is 15.5 Å². The lowest BCUT2D eigenvalue weighted by Gasteiger charge is -2.36. The Morgan fingerprint density at radius 2 is 1.44 bits per heavy atom. The fourth-order valence-electron chi connectivity index (χ4n) is 7.50. The van der Waals surface area contributed by atoms with Crippen molar-refractivity contribution >= 4 is 17.7 Å². The van der Waals surface area contributed by atoms with Crippen LogP contribution in [0.3, 0.4) is 0 Å². The quantitative estimate of drug-likeness (QED) is 0.641. The largest absolute Gasteiger partial charge is 0.359 e. The molecule has 174 valence electrons. The highest BCUT2D eigenvalue weighted by Gasteiger charge is 2.73. The summed E-state index contributed by atoms with van der Waals surface area (Å²) in [4.78, 5) is 42.8. The van der Waals surface area contributed by atoms with Gasteiger partial charge < -0.3 is 20.3 Å². The number of hydrogen-bond donors (Lipinski definition) is 2. The fourth-order valence-corrected chi connectivity index (χ4v) is 7.50. The molecule has 1 spiro atoms. The van der Waals surface area contributed by atoms with Gasteiger partial charge >= 0.3 is 0 Å². The van der Waals surface area contributed by atoms with E-state index in [4.69, 9.17) is 4.74 Å². The van der Waals surface area contributed by atoms with Crippen molar-refractivity contribution in [2.75, 3.05) is 0 Å². The van der Waals surface area contributed by atoms with Crippen LogP contribution in [0.15, 0.2) is 12.2 Å². The minimum atomic E-state index is -1.01. The van der Waals surface area contributed by atoms with Gasteiger partial charge in [-0.2, -0.15) is 0 Å². The van der Waals surface area contributed by atoms with Gasteiger partial charge in [0, 0.05) is 18.1 Å². The number of fused-ring (bicyclic) bond motifs is 1. The van der Waals surface area contributed by atoms with Crippen molar-refractivity contribution in [2.24, 2.45) is 11.8 Å². The van der Waals surface area contributed by atoms with Crippen molar-refractivity contribution in [1.29, 1.82) is 0 Å². The minimum absolute atomic E-state index is 0.0538. The summed E-state index contributed by atoms with van der Waals surface area (Å²) in [5, 5.41) is 6.44. The van der Waals surface area contributed by atoms with Crippen LogP contribution in [-0.2, 0) is 19.1 Å². The van der Waals surface area contributed by atoms with E-state index in [-0.39, 0.29) is 35.8 Å². The first kappa shape index (κ1) is 20.7. The molecule has 5 unspecified atom stereocenters. The maximum absolute atomic E-state index is 13.9. The van der Waals surface area contributed by atoms with Gasteiger partial charge in [0.1, 0.15) is 11.6 Å². The number of carbonyl (C=O) groups excluding carboxylic acids is 3. The van der Waals surface area contributed by atoms with E-state index in [0.29, 0.717) is 0 Å². The van der Waals surface area contributed by atoms with Crippen LogP contribution in [0, 0.1) is 11.8 Å². The predicted molar refractivity (Wildman–Crippen MR) is 117 cm³/mol.